The van der Waals surface area contributed by atoms with Crippen molar-refractivity contribution in [2.24, 2.45) is 0 Å². The standard InChI is InChI=1S/C15H17N3O3/c1-11(12-4-7-14(21-3)8-5-12)17(2)15-9-6-13(10-16-15)18(19)20/h4-11H,1-3H3. The zero-order valence-corrected chi connectivity index (χ0v) is 12.2. The Balaban J connectivity index is 2.17. The largest absolute Gasteiger partial charge is 0.497 e. The van der Waals surface area contributed by atoms with Gasteiger partial charge in [0, 0.05) is 13.1 Å². The third-order valence-electron chi connectivity index (χ3n) is 3.48. The minimum absolute atomic E-state index is 0.00995. The first kappa shape index (κ1) is 14.8. The monoisotopic (exact) mass is 287 g/mol. The van der Waals surface area contributed by atoms with Crippen LogP contribution in [0.1, 0.15) is 18.5 Å². The van der Waals surface area contributed by atoms with Crippen molar-refractivity contribution < 1.29 is 9.66 Å². The maximum Gasteiger partial charge on any atom is 0.287 e. The fourth-order valence-electron chi connectivity index (χ4n) is 2.00. The lowest BCUT2D eigenvalue weighted by Crippen LogP contribution is -2.22. The summed E-state index contributed by atoms with van der Waals surface area (Å²) in [6.45, 7) is 2.05. The van der Waals surface area contributed by atoms with E-state index in [9.17, 15) is 10.1 Å². The van der Waals surface area contributed by atoms with Gasteiger partial charge in [-0.2, -0.15) is 0 Å². The molecular weight excluding hydrogens is 270 g/mol. The van der Waals surface area contributed by atoms with Gasteiger partial charge >= 0.3 is 0 Å². The average molecular weight is 287 g/mol. The van der Waals surface area contributed by atoms with Gasteiger partial charge in [-0.15, -0.1) is 0 Å². The molecule has 0 fully saturated rings. The Morgan fingerprint density at radius 1 is 1.24 bits per heavy atom. The molecule has 0 spiro atoms. The van der Waals surface area contributed by atoms with E-state index in [4.69, 9.17) is 4.74 Å². The highest BCUT2D eigenvalue weighted by Crippen LogP contribution is 2.26. The Hall–Kier alpha value is -2.63. The Labute approximate surface area is 123 Å². The quantitative estimate of drug-likeness (QED) is 0.624. The number of nitrogens with zero attached hydrogens (tertiary/aromatic N) is 3. The van der Waals surface area contributed by atoms with Gasteiger partial charge in [-0.25, -0.2) is 4.98 Å². The molecule has 0 amide bonds. The van der Waals surface area contributed by atoms with E-state index in [0.717, 1.165) is 11.3 Å². The molecular formula is C15H17N3O3. The van der Waals surface area contributed by atoms with Crippen LogP contribution >= 0.6 is 0 Å². The third kappa shape index (κ3) is 3.28. The lowest BCUT2D eigenvalue weighted by molar-refractivity contribution is -0.385. The SMILES string of the molecule is COc1ccc(C(C)N(C)c2ccc([N+](=O)[O-])cn2)cc1. The fourth-order valence-corrected chi connectivity index (χ4v) is 2.00. The Morgan fingerprint density at radius 2 is 1.90 bits per heavy atom. The van der Waals surface area contributed by atoms with Gasteiger partial charge in [0.05, 0.1) is 18.1 Å². The van der Waals surface area contributed by atoms with Crippen molar-refractivity contribution >= 4 is 11.5 Å². The molecule has 2 aromatic rings. The van der Waals surface area contributed by atoms with Crippen LogP contribution in [0.5, 0.6) is 5.75 Å². The topological polar surface area (TPSA) is 68.5 Å². The molecule has 0 bridgehead atoms. The molecule has 0 aliphatic carbocycles. The predicted molar refractivity (Wildman–Crippen MR) is 80.7 cm³/mol. The second-order valence-electron chi connectivity index (χ2n) is 4.69. The van der Waals surface area contributed by atoms with Gasteiger partial charge in [0.15, 0.2) is 0 Å². The number of hydrogen-bond donors (Lipinski definition) is 0. The molecule has 6 nitrogen and oxygen atoms in total. The van der Waals surface area contributed by atoms with E-state index in [0.29, 0.717) is 5.82 Å². The maximum atomic E-state index is 10.6. The van der Waals surface area contributed by atoms with Gasteiger partial charge < -0.3 is 9.64 Å². The molecule has 0 radical (unpaired) electrons. The van der Waals surface area contributed by atoms with Crippen molar-refractivity contribution in [1.29, 1.82) is 0 Å². The number of nitro groups is 1. The van der Waals surface area contributed by atoms with Gasteiger partial charge in [0.25, 0.3) is 5.69 Å². The summed E-state index contributed by atoms with van der Waals surface area (Å²) in [6, 6.07) is 11.0. The second-order valence-corrected chi connectivity index (χ2v) is 4.69. The number of pyridine rings is 1. The fraction of sp³-hybridized carbons (Fsp3) is 0.267. The van der Waals surface area contributed by atoms with Crippen LogP contribution in [0.3, 0.4) is 0 Å². The summed E-state index contributed by atoms with van der Waals surface area (Å²) in [5, 5.41) is 10.6. The number of rotatable bonds is 5. The highest BCUT2D eigenvalue weighted by Gasteiger charge is 2.15. The lowest BCUT2D eigenvalue weighted by Gasteiger charge is -2.26. The zero-order chi connectivity index (χ0) is 15.4. The van der Waals surface area contributed by atoms with Crippen molar-refractivity contribution in [2.75, 3.05) is 19.1 Å². The molecule has 1 atom stereocenters. The molecule has 0 saturated carbocycles. The Morgan fingerprint density at radius 3 is 2.38 bits per heavy atom. The van der Waals surface area contributed by atoms with E-state index >= 15 is 0 Å². The smallest absolute Gasteiger partial charge is 0.287 e. The Kier molecular flexibility index (Phi) is 4.37. The van der Waals surface area contributed by atoms with E-state index in [-0.39, 0.29) is 11.7 Å². The number of anilines is 1. The molecule has 21 heavy (non-hydrogen) atoms. The minimum atomic E-state index is -0.455. The number of aromatic nitrogens is 1. The van der Waals surface area contributed by atoms with Crippen LogP contribution in [0.25, 0.3) is 0 Å². The molecule has 0 saturated heterocycles. The van der Waals surface area contributed by atoms with E-state index in [1.165, 1.54) is 12.3 Å². The summed E-state index contributed by atoms with van der Waals surface area (Å²) in [6.07, 6.45) is 1.27. The van der Waals surface area contributed by atoms with Crippen LogP contribution < -0.4 is 9.64 Å². The highest BCUT2D eigenvalue weighted by molar-refractivity contribution is 5.45. The zero-order valence-electron chi connectivity index (χ0n) is 12.2. The second kappa shape index (κ2) is 6.21. The minimum Gasteiger partial charge on any atom is -0.497 e. The first-order chi connectivity index (χ1) is 10.0. The van der Waals surface area contributed by atoms with Crippen LogP contribution in [-0.2, 0) is 0 Å². The number of methoxy groups -OCH3 is 1. The lowest BCUT2D eigenvalue weighted by atomic mass is 10.1. The van der Waals surface area contributed by atoms with Gasteiger partial charge in [0.1, 0.15) is 17.8 Å². The summed E-state index contributed by atoms with van der Waals surface area (Å²) in [5.41, 5.74) is 1.10. The van der Waals surface area contributed by atoms with Crippen molar-refractivity contribution in [3.05, 3.63) is 58.3 Å². The molecule has 110 valence electrons. The summed E-state index contributed by atoms with van der Waals surface area (Å²) in [5.74, 6) is 1.49. The molecule has 0 aliphatic rings. The van der Waals surface area contributed by atoms with Crippen LogP contribution in [0.15, 0.2) is 42.6 Å². The molecule has 1 heterocycles. The maximum absolute atomic E-state index is 10.6. The number of ether oxygens (including phenoxy) is 1. The van der Waals surface area contributed by atoms with Crippen LogP contribution in [0.4, 0.5) is 11.5 Å². The van der Waals surface area contributed by atoms with Crippen LogP contribution in [0.2, 0.25) is 0 Å². The van der Waals surface area contributed by atoms with Crippen molar-refractivity contribution in [3.8, 4) is 5.75 Å². The third-order valence-corrected chi connectivity index (χ3v) is 3.48. The molecule has 6 heteroatoms. The average Bonchev–Trinajstić information content (AvgIpc) is 2.53. The molecule has 2 rings (SSSR count). The molecule has 1 aromatic carbocycles. The van der Waals surface area contributed by atoms with Crippen LogP contribution in [-0.4, -0.2) is 24.1 Å². The predicted octanol–water partition coefficient (Wildman–Crippen LogP) is 3.20. The first-order valence-electron chi connectivity index (χ1n) is 6.50. The van der Waals surface area contributed by atoms with Gasteiger partial charge in [-0.05, 0) is 30.7 Å². The van der Waals surface area contributed by atoms with Crippen molar-refractivity contribution in [1.82, 2.24) is 4.98 Å². The summed E-state index contributed by atoms with van der Waals surface area (Å²) in [7, 11) is 3.54. The number of benzene rings is 1. The molecule has 1 unspecified atom stereocenters. The molecule has 0 N–H and O–H groups in total. The van der Waals surface area contributed by atoms with Gasteiger partial charge in [0.2, 0.25) is 0 Å². The number of hydrogen-bond acceptors (Lipinski definition) is 5. The van der Waals surface area contributed by atoms with Crippen molar-refractivity contribution in [2.45, 2.75) is 13.0 Å². The van der Waals surface area contributed by atoms with E-state index in [1.54, 1.807) is 13.2 Å². The van der Waals surface area contributed by atoms with E-state index < -0.39 is 4.92 Å². The summed E-state index contributed by atoms with van der Waals surface area (Å²) in [4.78, 5) is 16.3. The first-order valence-corrected chi connectivity index (χ1v) is 6.50. The van der Waals surface area contributed by atoms with Gasteiger partial charge in [-0.3, -0.25) is 10.1 Å². The van der Waals surface area contributed by atoms with Gasteiger partial charge in [-0.1, -0.05) is 12.1 Å². The molecule has 1 aromatic heterocycles. The highest BCUT2D eigenvalue weighted by atomic mass is 16.6. The van der Waals surface area contributed by atoms with E-state index in [2.05, 4.69) is 4.98 Å². The molecule has 0 aliphatic heterocycles. The summed E-state index contributed by atoms with van der Waals surface area (Å²) < 4.78 is 5.14. The van der Waals surface area contributed by atoms with Crippen LogP contribution in [0, 0.1) is 10.1 Å². The van der Waals surface area contributed by atoms with E-state index in [1.807, 2.05) is 43.1 Å². The van der Waals surface area contributed by atoms with Crippen molar-refractivity contribution in [3.63, 3.8) is 0 Å². The summed E-state index contributed by atoms with van der Waals surface area (Å²) >= 11 is 0. The Bertz CT molecular complexity index is 611. The normalized spacial score (nSPS) is 11.8.